The summed E-state index contributed by atoms with van der Waals surface area (Å²) < 4.78 is 0. The topological polar surface area (TPSA) is 26.0 Å². The van der Waals surface area contributed by atoms with E-state index in [0.29, 0.717) is 6.54 Å². The molecular formula is C15H23NS. The highest BCUT2D eigenvalue weighted by molar-refractivity contribution is 8.00. The van der Waals surface area contributed by atoms with Crippen molar-refractivity contribution in [3.63, 3.8) is 0 Å². The first-order valence-corrected chi connectivity index (χ1v) is 7.67. The summed E-state index contributed by atoms with van der Waals surface area (Å²) in [5, 5.41) is 0.831. The van der Waals surface area contributed by atoms with Crippen LogP contribution in [0.4, 0.5) is 0 Å². The standard InChI is InChI=1S/C15H23NS/c1-2-13-5-3-4-6-15(13)17-14-9-7-12(11-16)8-10-14/h7-10,13,15H,2-6,11,16H2,1H3. The van der Waals surface area contributed by atoms with Crippen LogP contribution >= 0.6 is 11.8 Å². The molecule has 2 N–H and O–H groups in total. The molecule has 1 fully saturated rings. The fourth-order valence-corrected chi connectivity index (χ4v) is 4.12. The Morgan fingerprint density at radius 1 is 1.18 bits per heavy atom. The van der Waals surface area contributed by atoms with Crippen molar-refractivity contribution in [3.05, 3.63) is 29.8 Å². The van der Waals surface area contributed by atoms with Crippen molar-refractivity contribution >= 4 is 11.8 Å². The van der Waals surface area contributed by atoms with Crippen LogP contribution in [-0.4, -0.2) is 5.25 Å². The molecule has 1 aromatic rings. The van der Waals surface area contributed by atoms with Crippen molar-refractivity contribution in [2.75, 3.05) is 0 Å². The van der Waals surface area contributed by atoms with Gasteiger partial charge in [-0.2, -0.15) is 0 Å². The lowest BCUT2D eigenvalue weighted by molar-refractivity contribution is 0.361. The fourth-order valence-electron chi connectivity index (χ4n) is 2.67. The third kappa shape index (κ3) is 3.49. The molecule has 0 radical (unpaired) electrons. The molecule has 1 aliphatic rings. The molecule has 1 nitrogen and oxygen atoms in total. The van der Waals surface area contributed by atoms with Crippen molar-refractivity contribution in [1.29, 1.82) is 0 Å². The van der Waals surface area contributed by atoms with Gasteiger partial charge in [-0.05, 0) is 36.5 Å². The van der Waals surface area contributed by atoms with Crippen LogP contribution < -0.4 is 5.73 Å². The SMILES string of the molecule is CCC1CCCCC1Sc1ccc(CN)cc1. The van der Waals surface area contributed by atoms with Crippen LogP contribution in [0.15, 0.2) is 29.2 Å². The lowest BCUT2D eigenvalue weighted by atomic mass is 9.87. The van der Waals surface area contributed by atoms with Crippen LogP contribution in [0.25, 0.3) is 0 Å². The minimum atomic E-state index is 0.645. The van der Waals surface area contributed by atoms with Crippen LogP contribution in [0.5, 0.6) is 0 Å². The van der Waals surface area contributed by atoms with Crippen LogP contribution in [0, 0.1) is 5.92 Å². The third-order valence-electron chi connectivity index (χ3n) is 3.81. The van der Waals surface area contributed by atoms with E-state index in [-0.39, 0.29) is 0 Å². The lowest BCUT2D eigenvalue weighted by Crippen LogP contribution is -2.20. The lowest BCUT2D eigenvalue weighted by Gasteiger charge is -2.30. The molecule has 2 unspecified atom stereocenters. The number of benzene rings is 1. The van der Waals surface area contributed by atoms with Gasteiger partial charge in [-0.25, -0.2) is 0 Å². The van der Waals surface area contributed by atoms with Crippen molar-refractivity contribution in [1.82, 2.24) is 0 Å². The van der Waals surface area contributed by atoms with E-state index in [4.69, 9.17) is 5.73 Å². The van der Waals surface area contributed by atoms with E-state index in [1.54, 1.807) is 0 Å². The number of thioether (sulfide) groups is 1. The monoisotopic (exact) mass is 249 g/mol. The Morgan fingerprint density at radius 2 is 1.88 bits per heavy atom. The Hall–Kier alpha value is -0.470. The zero-order valence-electron chi connectivity index (χ0n) is 10.7. The van der Waals surface area contributed by atoms with Crippen molar-refractivity contribution in [3.8, 4) is 0 Å². The van der Waals surface area contributed by atoms with Gasteiger partial charge in [0.05, 0.1) is 0 Å². The largest absolute Gasteiger partial charge is 0.326 e. The summed E-state index contributed by atoms with van der Waals surface area (Å²) in [6, 6.07) is 8.78. The summed E-state index contributed by atoms with van der Waals surface area (Å²) in [6.07, 6.45) is 6.99. The maximum Gasteiger partial charge on any atom is 0.0178 e. The maximum atomic E-state index is 5.62. The minimum Gasteiger partial charge on any atom is -0.326 e. The Labute approximate surface area is 109 Å². The van der Waals surface area contributed by atoms with Crippen molar-refractivity contribution in [2.24, 2.45) is 11.7 Å². The molecule has 0 amide bonds. The molecule has 0 saturated heterocycles. The Kier molecular flexibility index (Phi) is 4.93. The van der Waals surface area contributed by atoms with E-state index in [2.05, 4.69) is 43.0 Å². The first-order valence-electron chi connectivity index (χ1n) is 6.79. The zero-order chi connectivity index (χ0) is 12.1. The molecule has 2 rings (SSSR count). The number of rotatable bonds is 4. The van der Waals surface area contributed by atoms with Gasteiger partial charge in [0.15, 0.2) is 0 Å². The van der Waals surface area contributed by atoms with Gasteiger partial charge in [0, 0.05) is 16.7 Å². The van der Waals surface area contributed by atoms with E-state index in [0.717, 1.165) is 11.2 Å². The summed E-state index contributed by atoms with van der Waals surface area (Å²) in [6.45, 7) is 2.98. The summed E-state index contributed by atoms with van der Waals surface area (Å²) >= 11 is 2.08. The molecule has 94 valence electrons. The molecule has 17 heavy (non-hydrogen) atoms. The van der Waals surface area contributed by atoms with Crippen LogP contribution in [0.3, 0.4) is 0 Å². The molecule has 0 aromatic heterocycles. The molecule has 0 heterocycles. The Balaban J connectivity index is 1.98. The molecule has 0 spiro atoms. The third-order valence-corrected chi connectivity index (χ3v) is 5.28. The van der Waals surface area contributed by atoms with Gasteiger partial charge in [-0.15, -0.1) is 11.8 Å². The van der Waals surface area contributed by atoms with E-state index in [1.165, 1.54) is 42.6 Å². The van der Waals surface area contributed by atoms with E-state index < -0.39 is 0 Å². The maximum absolute atomic E-state index is 5.62. The van der Waals surface area contributed by atoms with Gasteiger partial charge in [0.25, 0.3) is 0 Å². The molecule has 1 aromatic carbocycles. The molecule has 1 aliphatic carbocycles. The van der Waals surface area contributed by atoms with Crippen molar-refractivity contribution in [2.45, 2.75) is 55.7 Å². The smallest absolute Gasteiger partial charge is 0.0178 e. The van der Waals surface area contributed by atoms with Gasteiger partial charge in [0.2, 0.25) is 0 Å². The van der Waals surface area contributed by atoms with Gasteiger partial charge < -0.3 is 5.73 Å². The molecule has 0 aliphatic heterocycles. The van der Waals surface area contributed by atoms with E-state index >= 15 is 0 Å². The highest BCUT2D eigenvalue weighted by Gasteiger charge is 2.24. The van der Waals surface area contributed by atoms with Crippen molar-refractivity contribution < 1.29 is 0 Å². The second kappa shape index (κ2) is 6.46. The fraction of sp³-hybridized carbons (Fsp3) is 0.600. The number of hydrogen-bond acceptors (Lipinski definition) is 2. The Morgan fingerprint density at radius 3 is 2.53 bits per heavy atom. The quantitative estimate of drug-likeness (QED) is 0.865. The molecular weight excluding hydrogens is 226 g/mol. The first-order chi connectivity index (χ1) is 8.33. The Bertz CT molecular complexity index is 333. The van der Waals surface area contributed by atoms with Gasteiger partial charge in [-0.3, -0.25) is 0 Å². The minimum absolute atomic E-state index is 0.645. The highest BCUT2D eigenvalue weighted by Crippen LogP contribution is 2.38. The first kappa shape index (κ1) is 13.0. The summed E-state index contributed by atoms with van der Waals surface area (Å²) in [4.78, 5) is 1.41. The molecule has 2 heteroatoms. The number of hydrogen-bond donors (Lipinski definition) is 1. The second-order valence-corrected chi connectivity index (χ2v) is 6.27. The summed E-state index contributed by atoms with van der Waals surface area (Å²) in [5.41, 5.74) is 6.85. The van der Waals surface area contributed by atoms with Crippen LogP contribution in [0.2, 0.25) is 0 Å². The van der Waals surface area contributed by atoms with E-state index in [9.17, 15) is 0 Å². The molecule has 2 atom stereocenters. The molecule has 1 saturated carbocycles. The van der Waals surface area contributed by atoms with Crippen LogP contribution in [-0.2, 0) is 6.54 Å². The second-order valence-electron chi connectivity index (χ2n) is 4.96. The van der Waals surface area contributed by atoms with Gasteiger partial charge in [-0.1, -0.05) is 38.3 Å². The van der Waals surface area contributed by atoms with Gasteiger partial charge >= 0.3 is 0 Å². The normalized spacial score (nSPS) is 24.8. The predicted molar refractivity (Wildman–Crippen MR) is 76.2 cm³/mol. The van der Waals surface area contributed by atoms with Gasteiger partial charge in [0.1, 0.15) is 0 Å². The number of nitrogens with two attached hydrogens (primary N) is 1. The van der Waals surface area contributed by atoms with Crippen LogP contribution in [0.1, 0.15) is 44.6 Å². The average Bonchev–Trinajstić information content (AvgIpc) is 2.40. The highest BCUT2D eigenvalue weighted by atomic mass is 32.2. The average molecular weight is 249 g/mol. The summed E-state index contributed by atoms with van der Waals surface area (Å²) in [5.74, 6) is 0.919. The zero-order valence-corrected chi connectivity index (χ0v) is 11.5. The molecule has 0 bridgehead atoms. The van der Waals surface area contributed by atoms with E-state index in [1.807, 2.05) is 0 Å². The summed E-state index contributed by atoms with van der Waals surface area (Å²) in [7, 11) is 0. The predicted octanol–water partition coefficient (Wildman–Crippen LogP) is 4.21.